The van der Waals surface area contributed by atoms with Crippen molar-refractivity contribution in [2.45, 2.75) is 12.5 Å². The largest absolute Gasteiger partial charge is 0.493 e. The summed E-state index contributed by atoms with van der Waals surface area (Å²) in [6.45, 7) is 1.60. The maximum absolute atomic E-state index is 5.56. The Morgan fingerprint density at radius 2 is 2.09 bits per heavy atom. The average Bonchev–Trinajstić information content (AvgIpc) is 3.07. The minimum Gasteiger partial charge on any atom is -0.493 e. The number of methoxy groups -OCH3 is 2. The lowest BCUT2D eigenvalue weighted by molar-refractivity contribution is 0.242. The second kappa shape index (κ2) is 6.43. The van der Waals surface area contributed by atoms with Crippen molar-refractivity contribution in [1.82, 2.24) is 4.90 Å². The fourth-order valence-electron chi connectivity index (χ4n) is 3.07. The van der Waals surface area contributed by atoms with E-state index in [9.17, 15) is 0 Å². The van der Waals surface area contributed by atoms with E-state index in [0.29, 0.717) is 6.54 Å². The predicted octanol–water partition coefficient (Wildman–Crippen LogP) is 3.35. The number of terminal acetylenes is 1. The maximum Gasteiger partial charge on any atom is 0.161 e. The Balaban J connectivity index is 2.12. The van der Waals surface area contributed by atoms with Gasteiger partial charge in [0.25, 0.3) is 0 Å². The van der Waals surface area contributed by atoms with Crippen LogP contribution in [0.5, 0.6) is 11.5 Å². The van der Waals surface area contributed by atoms with E-state index in [1.807, 2.05) is 0 Å². The third-order valence-corrected chi connectivity index (χ3v) is 5.01. The van der Waals surface area contributed by atoms with Crippen LogP contribution < -0.4 is 9.47 Å². The Morgan fingerprint density at radius 3 is 2.73 bits per heavy atom. The summed E-state index contributed by atoms with van der Waals surface area (Å²) in [7, 11) is 3.35. The number of ether oxygens (including phenoxy) is 2. The number of fused-ring (bicyclic) bond motifs is 1. The molecule has 0 saturated heterocycles. The Kier molecular flexibility index (Phi) is 4.37. The first-order valence-electron chi connectivity index (χ1n) is 7.24. The highest BCUT2D eigenvalue weighted by molar-refractivity contribution is 7.10. The van der Waals surface area contributed by atoms with Gasteiger partial charge in [0.1, 0.15) is 0 Å². The standard InChI is InChI=1S/C18H19NO2S/c1-4-8-19-9-7-13-11-15(20-2)16(21-3)12-14(13)18(19)17-6-5-10-22-17/h1,5-6,10-12,18H,7-9H2,2-3H3. The topological polar surface area (TPSA) is 21.7 Å². The van der Waals surface area contributed by atoms with Gasteiger partial charge < -0.3 is 9.47 Å². The van der Waals surface area contributed by atoms with Crippen LogP contribution in [0.1, 0.15) is 22.0 Å². The molecule has 1 atom stereocenters. The number of hydrogen-bond donors (Lipinski definition) is 0. The minimum atomic E-state index is 0.194. The molecule has 0 fully saturated rings. The molecule has 0 saturated carbocycles. The molecule has 1 aromatic heterocycles. The lowest BCUT2D eigenvalue weighted by atomic mass is 9.91. The number of thiophene rings is 1. The zero-order valence-corrected chi connectivity index (χ0v) is 13.7. The van der Waals surface area contributed by atoms with Gasteiger partial charge in [-0.25, -0.2) is 0 Å². The van der Waals surface area contributed by atoms with E-state index in [-0.39, 0.29) is 6.04 Å². The van der Waals surface area contributed by atoms with Crippen LogP contribution in [0.25, 0.3) is 0 Å². The van der Waals surface area contributed by atoms with Crippen LogP contribution in [-0.4, -0.2) is 32.2 Å². The molecule has 4 heteroatoms. The van der Waals surface area contributed by atoms with Crippen molar-refractivity contribution in [1.29, 1.82) is 0 Å². The molecule has 0 radical (unpaired) electrons. The van der Waals surface area contributed by atoms with Gasteiger partial charge in [0.15, 0.2) is 11.5 Å². The minimum absolute atomic E-state index is 0.194. The normalized spacial score (nSPS) is 17.6. The highest BCUT2D eigenvalue weighted by atomic mass is 32.1. The van der Waals surface area contributed by atoms with Crippen LogP contribution in [0.15, 0.2) is 29.6 Å². The lowest BCUT2D eigenvalue weighted by Crippen LogP contribution is -2.36. The van der Waals surface area contributed by atoms with Crippen LogP contribution in [0, 0.1) is 12.3 Å². The van der Waals surface area contributed by atoms with Crippen LogP contribution in [-0.2, 0) is 6.42 Å². The Morgan fingerprint density at radius 1 is 1.32 bits per heavy atom. The predicted molar refractivity (Wildman–Crippen MR) is 89.8 cm³/mol. The van der Waals surface area contributed by atoms with Crippen LogP contribution in [0.4, 0.5) is 0 Å². The van der Waals surface area contributed by atoms with Gasteiger partial charge in [-0.1, -0.05) is 12.0 Å². The van der Waals surface area contributed by atoms with Gasteiger partial charge >= 0.3 is 0 Å². The Labute approximate surface area is 135 Å². The van der Waals surface area contributed by atoms with Crippen molar-refractivity contribution in [3.8, 4) is 23.8 Å². The molecular weight excluding hydrogens is 294 g/mol. The van der Waals surface area contributed by atoms with Crippen LogP contribution >= 0.6 is 11.3 Å². The summed E-state index contributed by atoms with van der Waals surface area (Å²) in [6, 6.07) is 8.65. The number of nitrogens with zero attached hydrogens (tertiary/aromatic N) is 1. The van der Waals surface area contributed by atoms with E-state index in [1.165, 1.54) is 16.0 Å². The molecule has 22 heavy (non-hydrogen) atoms. The highest BCUT2D eigenvalue weighted by Gasteiger charge is 2.30. The monoisotopic (exact) mass is 313 g/mol. The molecule has 0 aliphatic carbocycles. The van der Waals surface area contributed by atoms with Crippen molar-refractivity contribution in [3.05, 3.63) is 45.6 Å². The van der Waals surface area contributed by atoms with Gasteiger partial charge in [-0.2, -0.15) is 0 Å². The Bertz CT molecular complexity index is 688. The van der Waals surface area contributed by atoms with Gasteiger partial charge in [-0.3, -0.25) is 4.90 Å². The summed E-state index contributed by atoms with van der Waals surface area (Å²) in [6.07, 6.45) is 6.54. The molecule has 0 bridgehead atoms. The third-order valence-electron chi connectivity index (χ3n) is 4.08. The fourth-order valence-corrected chi connectivity index (χ4v) is 3.94. The van der Waals surface area contributed by atoms with Crippen LogP contribution in [0.2, 0.25) is 0 Å². The average molecular weight is 313 g/mol. The first kappa shape index (κ1) is 15.0. The van der Waals surface area contributed by atoms with Crippen molar-refractivity contribution in [3.63, 3.8) is 0 Å². The van der Waals surface area contributed by atoms with E-state index < -0.39 is 0 Å². The quantitative estimate of drug-likeness (QED) is 0.808. The zero-order chi connectivity index (χ0) is 15.5. The third kappa shape index (κ3) is 2.58. The molecule has 1 aliphatic rings. The van der Waals surface area contributed by atoms with E-state index in [1.54, 1.807) is 25.6 Å². The van der Waals surface area contributed by atoms with Crippen LogP contribution in [0.3, 0.4) is 0 Å². The van der Waals surface area contributed by atoms with E-state index >= 15 is 0 Å². The van der Waals surface area contributed by atoms with Gasteiger partial charge in [0, 0.05) is 11.4 Å². The second-order valence-corrected chi connectivity index (χ2v) is 6.23. The SMILES string of the molecule is C#CCN1CCc2cc(OC)c(OC)cc2C1c1cccs1. The number of rotatable bonds is 4. The Hall–Kier alpha value is -1.96. The first-order valence-corrected chi connectivity index (χ1v) is 8.12. The van der Waals surface area contributed by atoms with Gasteiger partial charge in [0.2, 0.25) is 0 Å². The van der Waals surface area contributed by atoms with Crippen molar-refractivity contribution >= 4 is 11.3 Å². The van der Waals surface area contributed by atoms with Crippen molar-refractivity contribution in [2.75, 3.05) is 27.3 Å². The molecule has 2 heterocycles. The summed E-state index contributed by atoms with van der Waals surface area (Å²) in [4.78, 5) is 3.66. The number of hydrogen-bond acceptors (Lipinski definition) is 4. The highest BCUT2D eigenvalue weighted by Crippen LogP contribution is 2.41. The fraction of sp³-hybridized carbons (Fsp3) is 0.333. The molecule has 114 valence electrons. The molecule has 1 aromatic carbocycles. The first-order chi connectivity index (χ1) is 10.8. The molecule has 1 aliphatic heterocycles. The smallest absolute Gasteiger partial charge is 0.161 e. The summed E-state index contributed by atoms with van der Waals surface area (Å²) >= 11 is 1.76. The van der Waals surface area contributed by atoms with Crippen molar-refractivity contribution in [2.24, 2.45) is 0 Å². The summed E-state index contributed by atoms with van der Waals surface area (Å²) in [5, 5.41) is 2.11. The molecule has 0 spiro atoms. The summed E-state index contributed by atoms with van der Waals surface area (Å²) in [5.41, 5.74) is 2.57. The maximum atomic E-state index is 5.56. The molecule has 0 amide bonds. The van der Waals surface area contributed by atoms with E-state index in [0.717, 1.165) is 24.5 Å². The lowest BCUT2D eigenvalue weighted by Gasteiger charge is -2.36. The molecule has 1 unspecified atom stereocenters. The van der Waals surface area contributed by atoms with E-state index in [4.69, 9.17) is 15.9 Å². The number of benzene rings is 1. The molecule has 3 nitrogen and oxygen atoms in total. The van der Waals surface area contributed by atoms with Gasteiger partial charge in [-0.15, -0.1) is 17.8 Å². The second-order valence-electron chi connectivity index (χ2n) is 5.25. The molecule has 0 N–H and O–H groups in total. The van der Waals surface area contributed by atoms with Gasteiger partial charge in [-0.05, 0) is 41.1 Å². The molecule has 2 aromatic rings. The summed E-state index contributed by atoms with van der Waals surface area (Å²) in [5.74, 6) is 4.34. The molecular formula is C18H19NO2S. The zero-order valence-electron chi connectivity index (χ0n) is 12.8. The van der Waals surface area contributed by atoms with Crippen molar-refractivity contribution < 1.29 is 9.47 Å². The molecule has 3 rings (SSSR count). The van der Waals surface area contributed by atoms with E-state index in [2.05, 4.69) is 40.5 Å². The van der Waals surface area contributed by atoms with Gasteiger partial charge in [0.05, 0.1) is 26.8 Å². The summed E-state index contributed by atoms with van der Waals surface area (Å²) < 4.78 is 10.9.